The summed E-state index contributed by atoms with van der Waals surface area (Å²) in [6.45, 7) is 6.87. The predicted molar refractivity (Wildman–Crippen MR) is 104 cm³/mol. The van der Waals surface area contributed by atoms with E-state index in [4.69, 9.17) is 0 Å². The Labute approximate surface area is 163 Å². The van der Waals surface area contributed by atoms with Crippen LogP contribution in [0.3, 0.4) is 0 Å². The van der Waals surface area contributed by atoms with Gasteiger partial charge in [0.2, 0.25) is 5.91 Å². The lowest BCUT2D eigenvalue weighted by Gasteiger charge is -2.41. The molecule has 148 valence electrons. The molecule has 2 aromatic rings. The molecule has 2 amide bonds. The summed E-state index contributed by atoms with van der Waals surface area (Å²) in [4.78, 5) is 41.7. The molecule has 0 aliphatic carbocycles. The number of H-pyrrole nitrogens is 1. The third-order valence-corrected chi connectivity index (χ3v) is 6.52. The first-order valence-corrected chi connectivity index (χ1v) is 9.65. The van der Waals surface area contributed by atoms with E-state index < -0.39 is 17.4 Å². The van der Waals surface area contributed by atoms with Crippen molar-refractivity contribution >= 4 is 28.7 Å². The molecule has 2 fully saturated rings. The molecule has 0 radical (unpaired) electrons. The average molecular weight is 383 g/mol. The number of carbonyl (C=O) groups is 3. The van der Waals surface area contributed by atoms with Crippen LogP contribution in [0.25, 0.3) is 10.9 Å². The Morgan fingerprint density at radius 3 is 2.39 bits per heavy atom. The number of rotatable bonds is 2. The molecule has 0 saturated carbocycles. The number of aromatic amines is 1. The topological polar surface area (TPSA) is 102 Å². The van der Waals surface area contributed by atoms with Gasteiger partial charge in [-0.05, 0) is 50.3 Å². The van der Waals surface area contributed by atoms with Crippen molar-refractivity contribution < 1.29 is 19.5 Å². The number of fused-ring (bicyclic) bond motifs is 1. The van der Waals surface area contributed by atoms with Crippen LogP contribution in [-0.2, 0) is 9.59 Å². The molecule has 28 heavy (non-hydrogen) atoms. The van der Waals surface area contributed by atoms with Gasteiger partial charge in [-0.2, -0.15) is 0 Å². The molecular weight excluding hydrogens is 358 g/mol. The number of carboxylic acids is 1. The Morgan fingerprint density at radius 1 is 1.14 bits per heavy atom. The molecule has 7 heteroatoms. The maximum Gasteiger partial charge on any atom is 0.309 e. The molecule has 7 nitrogen and oxygen atoms in total. The van der Waals surface area contributed by atoms with Crippen molar-refractivity contribution in [2.45, 2.75) is 45.6 Å². The summed E-state index contributed by atoms with van der Waals surface area (Å²) in [5.74, 6) is -1.96. The van der Waals surface area contributed by atoms with E-state index >= 15 is 0 Å². The van der Waals surface area contributed by atoms with Gasteiger partial charge in [-0.25, -0.2) is 0 Å². The Morgan fingerprint density at radius 2 is 1.79 bits per heavy atom. The number of likely N-dealkylation sites (tertiary alicyclic amines) is 1. The second-order valence-electron chi connectivity index (χ2n) is 8.17. The molecule has 2 aliphatic rings. The maximum absolute atomic E-state index is 13.2. The van der Waals surface area contributed by atoms with Crippen LogP contribution in [0.5, 0.6) is 0 Å². The Kier molecular flexibility index (Phi) is 4.21. The standard InChI is InChI=1S/C21H25N3O4/c1-11-4-5-12(2)17-16(11)13(3)18(22-17)19(26)24-8-6-21(7-9-24)14(20(27)28)10-15(25)23-21/h4-5,14,22H,6-10H2,1-3H3,(H,23,25)(H,27,28). The summed E-state index contributed by atoms with van der Waals surface area (Å²) in [6.07, 6.45) is 0.931. The maximum atomic E-state index is 13.2. The normalized spacial score (nSPS) is 21.3. The molecule has 0 bridgehead atoms. The summed E-state index contributed by atoms with van der Waals surface area (Å²) in [7, 11) is 0. The highest BCUT2D eigenvalue weighted by atomic mass is 16.4. The van der Waals surface area contributed by atoms with Crippen molar-refractivity contribution in [3.05, 3.63) is 34.5 Å². The van der Waals surface area contributed by atoms with E-state index in [1.54, 1.807) is 4.90 Å². The van der Waals surface area contributed by atoms with Crippen LogP contribution in [0.1, 0.15) is 46.4 Å². The van der Waals surface area contributed by atoms with E-state index in [9.17, 15) is 19.5 Å². The molecule has 1 aromatic carbocycles. The fourth-order valence-corrected chi connectivity index (χ4v) is 4.87. The zero-order valence-corrected chi connectivity index (χ0v) is 16.4. The van der Waals surface area contributed by atoms with E-state index in [0.29, 0.717) is 31.6 Å². The number of hydrogen-bond acceptors (Lipinski definition) is 3. The minimum atomic E-state index is -0.949. The second-order valence-corrected chi connectivity index (χ2v) is 8.17. The number of aliphatic carboxylic acids is 1. The SMILES string of the molecule is Cc1ccc(C)c2c(C)c(C(=O)N3CCC4(CC3)NC(=O)CC4C(=O)O)[nH]c12. The van der Waals surface area contributed by atoms with Crippen LogP contribution in [0, 0.1) is 26.7 Å². The largest absolute Gasteiger partial charge is 0.481 e. The van der Waals surface area contributed by atoms with Gasteiger partial charge in [0.1, 0.15) is 5.69 Å². The van der Waals surface area contributed by atoms with Gasteiger partial charge in [0.25, 0.3) is 5.91 Å². The van der Waals surface area contributed by atoms with Crippen molar-refractivity contribution in [2.24, 2.45) is 5.92 Å². The lowest BCUT2D eigenvalue weighted by Crippen LogP contribution is -2.56. The Hall–Kier alpha value is -2.83. The first kappa shape index (κ1) is 18.5. The number of carboxylic acid groups (broad SMARTS) is 1. The third kappa shape index (κ3) is 2.68. The van der Waals surface area contributed by atoms with Gasteiger partial charge in [0, 0.05) is 30.4 Å². The lowest BCUT2D eigenvalue weighted by molar-refractivity contribution is -0.144. The van der Waals surface area contributed by atoms with Crippen molar-refractivity contribution in [2.75, 3.05) is 13.1 Å². The summed E-state index contributed by atoms with van der Waals surface area (Å²) >= 11 is 0. The van der Waals surface area contributed by atoms with E-state index in [0.717, 1.165) is 27.6 Å². The number of amides is 2. The van der Waals surface area contributed by atoms with Gasteiger partial charge >= 0.3 is 5.97 Å². The smallest absolute Gasteiger partial charge is 0.309 e. The van der Waals surface area contributed by atoms with Crippen LogP contribution in [0.15, 0.2) is 12.1 Å². The van der Waals surface area contributed by atoms with Crippen molar-refractivity contribution in [1.82, 2.24) is 15.2 Å². The van der Waals surface area contributed by atoms with Crippen molar-refractivity contribution in [3.63, 3.8) is 0 Å². The molecule has 2 aliphatic heterocycles. The molecule has 4 rings (SSSR count). The van der Waals surface area contributed by atoms with Gasteiger partial charge in [-0.15, -0.1) is 0 Å². The van der Waals surface area contributed by atoms with E-state index in [1.165, 1.54) is 0 Å². The molecule has 1 unspecified atom stereocenters. The molecule has 1 atom stereocenters. The Balaban J connectivity index is 1.58. The number of piperidine rings is 1. The monoisotopic (exact) mass is 383 g/mol. The molecule has 3 heterocycles. The zero-order chi connectivity index (χ0) is 20.2. The third-order valence-electron chi connectivity index (χ3n) is 6.52. The quantitative estimate of drug-likeness (QED) is 0.740. The van der Waals surface area contributed by atoms with Crippen LogP contribution < -0.4 is 5.32 Å². The predicted octanol–water partition coefficient (Wildman–Crippen LogP) is 2.29. The fraction of sp³-hybridized carbons (Fsp3) is 0.476. The number of carbonyl (C=O) groups excluding carboxylic acids is 2. The van der Waals surface area contributed by atoms with Crippen molar-refractivity contribution in [3.8, 4) is 0 Å². The molecule has 2 saturated heterocycles. The highest BCUT2D eigenvalue weighted by Gasteiger charge is 2.52. The van der Waals surface area contributed by atoms with Crippen LogP contribution >= 0.6 is 0 Å². The highest BCUT2D eigenvalue weighted by Crippen LogP contribution is 2.37. The van der Waals surface area contributed by atoms with Crippen molar-refractivity contribution in [1.29, 1.82) is 0 Å². The number of aromatic nitrogens is 1. The molecule has 1 aromatic heterocycles. The molecule has 3 N–H and O–H groups in total. The second kappa shape index (κ2) is 6.36. The van der Waals surface area contributed by atoms with Gasteiger partial charge in [-0.1, -0.05) is 12.1 Å². The Bertz CT molecular complexity index is 999. The zero-order valence-electron chi connectivity index (χ0n) is 16.4. The fourth-order valence-electron chi connectivity index (χ4n) is 4.87. The number of nitrogens with zero attached hydrogens (tertiary/aromatic N) is 1. The van der Waals surface area contributed by atoms with Crippen LogP contribution in [-0.4, -0.2) is 51.4 Å². The van der Waals surface area contributed by atoms with Crippen LogP contribution in [0.4, 0.5) is 0 Å². The number of aryl methyl sites for hydroxylation is 3. The molecular formula is C21H25N3O4. The summed E-state index contributed by atoms with van der Waals surface area (Å²) in [5.41, 5.74) is 4.01. The van der Waals surface area contributed by atoms with Gasteiger partial charge in [0.15, 0.2) is 0 Å². The number of benzene rings is 1. The number of hydrogen-bond donors (Lipinski definition) is 3. The molecule has 1 spiro atoms. The van der Waals surface area contributed by atoms with Gasteiger partial charge in [-0.3, -0.25) is 14.4 Å². The summed E-state index contributed by atoms with van der Waals surface area (Å²) in [6, 6.07) is 4.10. The highest BCUT2D eigenvalue weighted by molar-refractivity contribution is 6.02. The first-order chi connectivity index (χ1) is 13.2. The summed E-state index contributed by atoms with van der Waals surface area (Å²) < 4.78 is 0. The van der Waals surface area contributed by atoms with E-state index in [2.05, 4.69) is 16.4 Å². The van der Waals surface area contributed by atoms with E-state index in [1.807, 2.05) is 26.8 Å². The average Bonchev–Trinajstić information content (AvgIpc) is 3.17. The van der Waals surface area contributed by atoms with Gasteiger partial charge < -0.3 is 20.3 Å². The minimum Gasteiger partial charge on any atom is -0.481 e. The van der Waals surface area contributed by atoms with E-state index in [-0.39, 0.29) is 18.2 Å². The minimum absolute atomic E-state index is 0.0168. The van der Waals surface area contributed by atoms with Gasteiger partial charge in [0.05, 0.1) is 11.5 Å². The summed E-state index contributed by atoms with van der Waals surface area (Å²) in [5, 5.41) is 13.5. The lowest BCUT2D eigenvalue weighted by atomic mass is 9.77. The van der Waals surface area contributed by atoms with Crippen LogP contribution in [0.2, 0.25) is 0 Å². The first-order valence-electron chi connectivity index (χ1n) is 9.65. The number of nitrogens with one attached hydrogen (secondary N) is 2.